The van der Waals surface area contributed by atoms with Crippen molar-refractivity contribution < 1.29 is 4.39 Å². The van der Waals surface area contributed by atoms with Crippen LogP contribution in [0, 0.1) is 5.82 Å². The van der Waals surface area contributed by atoms with Crippen molar-refractivity contribution in [3.05, 3.63) is 29.6 Å². The van der Waals surface area contributed by atoms with Crippen LogP contribution in [-0.4, -0.2) is 38.1 Å². The molecule has 0 saturated heterocycles. The van der Waals surface area contributed by atoms with Gasteiger partial charge in [-0.15, -0.1) is 0 Å². The summed E-state index contributed by atoms with van der Waals surface area (Å²) in [5, 5.41) is 0.672. The van der Waals surface area contributed by atoms with Gasteiger partial charge < -0.3 is 9.80 Å². The average Bonchev–Trinajstić information content (AvgIpc) is 2.31. The molecular formula is C14H22BrFN2. The third kappa shape index (κ3) is 3.69. The summed E-state index contributed by atoms with van der Waals surface area (Å²) in [5.74, 6) is -0.139. The van der Waals surface area contributed by atoms with Gasteiger partial charge in [-0.3, -0.25) is 0 Å². The van der Waals surface area contributed by atoms with Crippen molar-refractivity contribution in [2.45, 2.75) is 25.2 Å². The van der Waals surface area contributed by atoms with Crippen molar-refractivity contribution >= 4 is 21.6 Å². The summed E-state index contributed by atoms with van der Waals surface area (Å²) in [5.41, 5.74) is 1.73. The number of benzene rings is 1. The number of nitrogens with zero attached hydrogens (tertiary/aromatic N) is 2. The molecule has 4 heteroatoms. The van der Waals surface area contributed by atoms with Crippen molar-refractivity contribution in [3.63, 3.8) is 0 Å². The number of para-hydroxylation sites is 1. The van der Waals surface area contributed by atoms with Crippen LogP contribution in [0.15, 0.2) is 18.2 Å². The second-order valence-electron chi connectivity index (χ2n) is 4.78. The van der Waals surface area contributed by atoms with Crippen molar-refractivity contribution in [2.24, 2.45) is 0 Å². The van der Waals surface area contributed by atoms with Crippen molar-refractivity contribution in [2.75, 3.05) is 32.1 Å². The molecule has 1 rings (SSSR count). The predicted molar refractivity (Wildman–Crippen MR) is 80.1 cm³/mol. The Morgan fingerprint density at radius 2 is 2.00 bits per heavy atom. The fraction of sp³-hybridized carbons (Fsp3) is 0.571. The van der Waals surface area contributed by atoms with E-state index in [9.17, 15) is 4.39 Å². The smallest absolute Gasteiger partial charge is 0.146 e. The summed E-state index contributed by atoms with van der Waals surface area (Å²) >= 11 is 3.44. The van der Waals surface area contributed by atoms with Crippen LogP contribution in [0.25, 0.3) is 0 Å². The van der Waals surface area contributed by atoms with Crippen LogP contribution in [0.1, 0.15) is 19.4 Å². The molecule has 2 nitrogen and oxygen atoms in total. The average molecular weight is 317 g/mol. The number of alkyl halides is 1. The lowest BCUT2D eigenvalue weighted by Crippen LogP contribution is -2.41. The first kappa shape index (κ1) is 15.4. The number of rotatable bonds is 6. The van der Waals surface area contributed by atoms with Gasteiger partial charge in [0, 0.05) is 24.5 Å². The van der Waals surface area contributed by atoms with Gasteiger partial charge in [0.15, 0.2) is 0 Å². The summed E-state index contributed by atoms with van der Waals surface area (Å²) < 4.78 is 14.1. The molecule has 1 unspecified atom stereocenters. The van der Waals surface area contributed by atoms with Crippen LogP contribution in [0.4, 0.5) is 10.1 Å². The highest BCUT2D eigenvalue weighted by Crippen LogP contribution is 2.28. The number of likely N-dealkylation sites (N-methyl/N-ethyl adjacent to an activating group) is 2. The van der Waals surface area contributed by atoms with Gasteiger partial charge in [0.05, 0.1) is 5.69 Å². The quantitative estimate of drug-likeness (QED) is 0.741. The number of anilines is 1. The zero-order valence-electron chi connectivity index (χ0n) is 11.6. The SMILES string of the molecule is CCN(c1c(F)cccc1CBr)C(C)CN(C)C. The molecule has 0 aliphatic rings. The molecule has 0 aliphatic carbocycles. The largest absolute Gasteiger partial charge is 0.365 e. The van der Waals surface area contributed by atoms with Gasteiger partial charge in [-0.25, -0.2) is 4.39 Å². The van der Waals surface area contributed by atoms with E-state index in [1.54, 1.807) is 6.07 Å². The highest BCUT2D eigenvalue weighted by molar-refractivity contribution is 9.08. The summed E-state index contributed by atoms with van der Waals surface area (Å²) in [6, 6.07) is 5.55. The van der Waals surface area contributed by atoms with E-state index in [0.717, 1.165) is 24.3 Å². The third-order valence-electron chi connectivity index (χ3n) is 3.00. The van der Waals surface area contributed by atoms with E-state index in [-0.39, 0.29) is 11.9 Å². The summed E-state index contributed by atoms with van der Waals surface area (Å²) in [6.45, 7) is 5.91. The van der Waals surface area contributed by atoms with Gasteiger partial charge in [-0.1, -0.05) is 28.1 Å². The standard InChI is InChI=1S/C14H22BrFN2/c1-5-18(11(2)10-17(3)4)14-12(9-15)7-6-8-13(14)16/h6-8,11H,5,9-10H2,1-4H3. The van der Waals surface area contributed by atoms with Crippen LogP contribution in [0.2, 0.25) is 0 Å². The lowest BCUT2D eigenvalue weighted by Gasteiger charge is -2.33. The van der Waals surface area contributed by atoms with E-state index in [1.807, 2.05) is 20.2 Å². The Morgan fingerprint density at radius 3 is 2.50 bits per heavy atom. The van der Waals surface area contributed by atoms with Gasteiger partial charge in [0.2, 0.25) is 0 Å². The molecule has 0 heterocycles. The van der Waals surface area contributed by atoms with E-state index >= 15 is 0 Å². The van der Waals surface area contributed by atoms with Gasteiger partial charge >= 0.3 is 0 Å². The van der Waals surface area contributed by atoms with Crippen LogP contribution >= 0.6 is 15.9 Å². The molecule has 0 saturated carbocycles. The highest BCUT2D eigenvalue weighted by atomic mass is 79.9. The Kier molecular flexibility index (Phi) is 6.09. The van der Waals surface area contributed by atoms with E-state index in [4.69, 9.17) is 0 Å². The van der Waals surface area contributed by atoms with Gasteiger partial charge in [-0.05, 0) is 39.6 Å². The van der Waals surface area contributed by atoms with Gasteiger partial charge in [0.1, 0.15) is 5.82 Å². The van der Waals surface area contributed by atoms with E-state index in [2.05, 4.69) is 39.6 Å². The Bertz CT molecular complexity index is 382. The zero-order chi connectivity index (χ0) is 13.7. The van der Waals surface area contributed by atoms with Crippen LogP contribution in [0.3, 0.4) is 0 Å². The molecule has 1 aromatic rings. The normalized spacial score (nSPS) is 12.8. The molecule has 0 aliphatic heterocycles. The lowest BCUT2D eigenvalue weighted by atomic mass is 10.1. The fourth-order valence-electron chi connectivity index (χ4n) is 2.31. The van der Waals surface area contributed by atoms with Gasteiger partial charge in [0.25, 0.3) is 0 Å². The van der Waals surface area contributed by atoms with E-state index < -0.39 is 0 Å². The van der Waals surface area contributed by atoms with Gasteiger partial charge in [-0.2, -0.15) is 0 Å². The first-order valence-corrected chi connectivity index (χ1v) is 7.38. The maximum absolute atomic E-state index is 14.1. The number of halogens is 2. The minimum Gasteiger partial charge on any atom is -0.365 e. The molecule has 0 spiro atoms. The molecular weight excluding hydrogens is 295 g/mol. The van der Waals surface area contributed by atoms with Crippen molar-refractivity contribution in [1.82, 2.24) is 4.90 Å². The van der Waals surface area contributed by atoms with Crippen molar-refractivity contribution in [3.8, 4) is 0 Å². The van der Waals surface area contributed by atoms with E-state index in [0.29, 0.717) is 5.33 Å². The Balaban J connectivity index is 3.08. The van der Waals surface area contributed by atoms with E-state index in [1.165, 1.54) is 6.07 Å². The topological polar surface area (TPSA) is 6.48 Å². The molecule has 0 fully saturated rings. The molecule has 18 heavy (non-hydrogen) atoms. The third-order valence-corrected chi connectivity index (χ3v) is 3.61. The number of hydrogen-bond acceptors (Lipinski definition) is 2. The van der Waals surface area contributed by atoms with Crippen LogP contribution in [-0.2, 0) is 5.33 Å². The lowest BCUT2D eigenvalue weighted by molar-refractivity contribution is 0.371. The Morgan fingerprint density at radius 1 is 1.33 bits per heavy atom. The molecule has 0 N–H and O–H groups in total. The Hall–Kier alpha value is -0.610. The molecule has 0 aromatic heterocycles. The second kappa shape index (κ2) is 7.10. The highest BCUT2D eigenvalue weighted by Gasteiger charge is 2.19. The summed E-state index contributed by atoms with van der Waals surface area (Å²) in [6.07, 6.45) is 0. The van der Waals surface area contributed by atoms with Crippen molar-refractivity contribution in [1.29, 1.82) is 0 Å². The fourth-order valence-corrected chi connectivity index (χ4v) is 2.76. The summed E-state index contributed by atoms with van der Waals surface area (Å²) in [4.78, 5) is 4.26. The summed E-state index contributed by atoms with van der Waals surface area (Å²) in [7, 11) is 4.08. The first-order valence-electron chi connectivity index (χ1n) is 6.26. The molecule has 0 amide bonds. The zero-order valence-corrected chi connectivity index (χ0v) is 13.2. The van der Waals surface area contributed by atoms with Crippen LogP contribution in [0.5, 0.6) is 0 Å². The maximum atomic E-state index is 14.1. The molecule has 102 valence electrons. The maximum Gasteiger partial charge on any atom is 0.146 e. The molecule has 0 radical (unpaired) electrons. The van der Waals surface area contributed by atoms with Crippen LogP contribution < -0.4 is 4.90 Å². The second-order valence-corrected chi connectivity index (χ2v) is 5.34. The Labute approximate surface area is 118 Å². The minimum atomic E-state index is -0.139. The molecule has 1 aromatic carbocycles. The molecule has 0 bridgehead atoms. The first-order chi connectivity index (χ1) is 8.51. The minimum absolute atomic E-state index is 0.139. The predicted octanol–water partition coefficient (Wildman–Crippen LogP) is 3.50. The number of hydrogen-bond donors (Lipinski definition) is 0. The monoisotopic (exact) mass is 316 g/mol. The molecule has 1 atom stereocenters.